The van der Waals surface area contributed by atoms with E-state index in [9.17, 15) is 9.59 Å². The number of likely N-dealkylation sites (tertiary alicyclic amines) is 1. The second kappa shape index (κ2) is 4.48. The number of amides is 2. The summed E-state index contributed by atoms with van der Waals surface area (Å²) in [5, 5.41) is 11.6. The summed E-state index contributed by atoms with van der Waals surface area (Å²) >= 11 is 0. The Labute approximate surface area is 106 Å². The van der Waals surface area contributed by atoms with Crippen molar-refractivity contribution in [1.82, 2.24) is 10.2 Å². The third-order valence-electron chi connectivity index (χ3n) is 4.36. The van der Waals surface area contributed by atoms with Crippen molar-refractivity contribution in [2.75, 3.05) is 26.2 Å². The van der Waals surface area contributed by atoms with Crippen LogP contribution in [0.25, 0.3) is 0 Å². The zero-order chi connectivity index (χ0) is 12.7. The molecule has 2 fully saturated rings. The topological polar surface area (TPSA) is 69.6 Å². The predicted octanol–water partition coefficient (Wildman–Crippen LogP) is -0.625. The number of hydrogen-bond donors (Lipinski definition) is 2. The number of aliphatic hydroxyl groups is 1. The van der Waals surface area contributed by atoms with Crippen LogP contribution in [-0.2, 0) is 9.59 Å². The minimum absolute atomic E-state index is 0.00708. The number of fused-ring (bicyclic) bond motifs is 5. The first-order valence-electron chi connectivity index (χ1n) is 6.59. The Hall–Kier alpha value is -1.20. The van der Waals surface area contributed by atoms with Crippen molar-refractivity contribution in [2.45, 2.75) is 6.42 Å². The smallest absolute Gasteiger partial charge is 0.233 e. The lowest BCUT2D eigenvalue weighted by molar-refractivity contribution is -0.140. The van der Waals surface area contributed by atoms with Crippen molar-refractivity contribution in [3.8, 4) is 0 Å². The first kappa shape index (κ1) is 11.9. The van der Waals surface area contributed by atoms with Gasteiger partial charge >= 0.3 is 0 Å². The molecule has 3 aliphatic rings. The van der Waals surface area contributed by atoms with Gasteiger partial charge in [-0.05, 0) is 18.3 Å². The summed E-state index contributed by atoms with van der Waals surface area (Å²) in [5.41, 5.74) is 0. The molecule has 2 aliphatic carbocycles. The maximum atomic E-state index is 12.2. The number of allylic oxidation sites excluding steroid dienone is 2. The molecule has 18 heavy (non-hydrogen) atoms. The van der Waals surface area contributed by atoms with Crippen molar-refractivity contribution in [1.29, 1.82) is 0 Å². The van der Waals surface area contributed by atoms with E-state index in [0.29, 0.717) is 19.6 Å². The Morgan fingerprint density at radius 2 is 1.78 bits per heavy atom. The second-order valence-electron chi connectivity index (χ2n) is 5.30. The van der Waals surface area contributed by atoms with Crippen LogP contribution in [0.3, 0.4) is 0 Å². The van der Waals surface area contributed by atoms with Gasteiger partial charge in [-0.3, -0.25) is 14.5 Å². The summed E-state index contributed by atoms with van der Waals surface area (Å²) in [6, 6.07) is 0. The van der Waals surface area contributed by atoms with Crippen LogP contribution in [0.15, 0.2) is 12.2 Å². The average Bonchev–Trinajstić information content (AvgIpc) is 3.02. The standard InChI is InChI=1S/C13H18N2O3/c16-6-4-14-3-5-15-12(17)10-8-1-2-9(7-8)11(10)13(15)18/h1-2,8-11,14,16H,3-7H2/t8-,9+,10-,11-/m1/s1. The highest BCUT2D eigenvalue weighted by Gasteiger charge is 2.58. The lowest BCUT2D eigenvalue weighted by Gasteiger charge is -2.17. The SMILES string of the molecule is O=C1[C@H]2[C@H](C(=O)N1CCNCCO)[C@H]1C=C[C@@H]2C1. The lowest BCUT2D eigenvalue weighted by atomic mass is 9.85. The van der Waals surface area contributed by atoms with Crippen LogP contribution >= 0.6 is 0 Å². The molecule has 98 valence electrons. The molecule has 1 aliphatic heterocycles. The fourth-order valence-corrected chi connectivity index (χ4v) is 3.58. The van der Waals surface area contributed by atoms with Crippen LogP contribution < -0.4 is 5.32 Å². The van der Waals surface area contributed by atoms with Gasteiger partial charge in [0.05, 0.1) is 18.4 Å². The van der Waals surface area contributed by atoms with Gasteiger partial charge in [0.1, 0.15) is 0 Å². The number of nitrogens with zero attached hydrogens (tertiary/aromatic N) is 1. The van der Waals surface area contributed by atoms with Gasteiger partial charge in [0, 0.05) is 19.6 Å². The van der Waals surface area contributed by atoms with Crippen LogP contribution in [0.1, 0.15) is 6.42 Å². The summed E-state index contributed by atoms with van der Waals surface area (Å²) < 4.78 is 0. The van der Waals surface area contributed by atoms with Crippen LogP contribution in [0.4, 0.5) is 0 Å². The number of imide groups is 1. The van der Waals surface area contributed by atoms with Crippen LogP contribution in [0.2, 0.25) is 0 Å². The summed E-state index contributed by atoms with van der Waals surface area (Å²) in [6.45, 7) is 1.54. The molecule has 0 aromatic heterocycles. The molecule has 1 saturated carbocycles. The molecule has 5 heteroatoms. The maximum Gasteiger partial charge on any atom is 0.233 e. The lowest BCUT2D eigenvalue weighted by Crippen LogP contribution is -2.38. The number of rotatable bonds is 5. The Bertz CT molecular complexity index is 377. The Morgan fingerprint density at radius 1 is 1.17 bits per heavy atom. The fourth-order valence-electron chi connectivity index (χ4n) is 3.58. The molecule has 0 aromatic rings. The predicted molar refractivity (Wildman–Crippen MR) is 64.4 cm³/mol. The van der Waals surface area contributed by atoms with Crippen LogP contribution in [0.5, 0.6) is 0 Å². The fraction of sp³-hybridized carbons (Fsp3) is 0.692. The Morgan fingerprint density at radius 3 is 2.33 bits per heavy atom. The van der Waals surface area contributed by atoms with Gasteiger partial charge < -0.3 is 10.4 Å². The molecule has 3 rings (SSSR count). The molecule has 1 saturated heterocycles. The van der Waals surface area contributed by atoms with E-state index in [0.717, 1.165) is 6.42 Å². The highest BCUT2D eigenvalue weighted by Crippen LogP contribution is 2.52. The summed E-state index contributed by atoms with van der Waals surface area (Å²) in [5.74, 6) is 0.398. The molecular formula is C13H18N2O3. The van der Waals surface area contributed by atoms with Gasteiger partial charge in [0.15, 0.2) is 0 Å². The largest absolute Gasteiger partial charge is 0.395 e. The van der Waals surface area contributed by atoms with E-state index in [4.69, 9.17) is 5.11 Å². The quantitative estimate of drug-likeness (QED) is 0.387. The van der Waals surface area contributed by atoms with Crippen molar-refractivity contribution in [3.05, 3.63) is 12.2 Å². The third-order valence-corrected chi connectivity index (χ3v) is 4.36. The van der Waals surface area contributed by atoms with E-state index < -0.39 is 0 Å². The molecule has 0 unspecified atom stereocenters. The maximum absolute atomic E-state index is 12.2. The highest BCUT2D eigenvalue weighted by atomic mass is 16.3. The molecule has 1 heterocycles. The van der Waals surface area contributed by atoms with E-state index in [1.165, 1.54) is 4.90 Å². The molecule has 4 atom stereocenters. The molecule has 0 radical (unpaired) electrons. The Balaban J connectivity index is 1.65. The number of hydrogen-bond acceptors (Lipinski definition) is 4. The van der Waals surface area contributed by atoms with E-state index in [1.54, 1.807) is 0 Å². The number of carbonyl (C=O) groups is 2. The average molecular weight is 250 g/mol. The van der Waals surface area contributed by atoms with Gasteiger partial charge in [0.2, 0.25) is 11.8 Å². The van der Waals surface area contributed by atoms with Gasteiger partial charge in [0.25, 0.3) is 0 Å². The van der Waals surface area contributed by atoms with E-state index >= 15 is 0 Å². The zero-order valence-electron chi connectivity index (χ0n) is 10.2. The second-order valence-corrected chi connectivity index (χ2v) is 5.30. The number of carbonyl (C=O) groups excluding carboxylic acids is 2. The van der Waals surface area contributed by atoms with Crippen molar-refractivity contribution < 1.29 is 14.7 Å². The van der Waals surface area contributed by atoms with E-state index in [1.807, 2.05) is 0 Å². The van der Waals surface area contributed by atoms with Gasteiger partial charge in [-0.2, -0.15) is 0 Å². The van der Waals surface area contributed by atoms with E-state index in [2.05, 4.69) is 17.5 Å². The van der Waals surface area contributed by atoms with Crippen LogP contribution in [0, 0.1) is 23.7 Å². The van der Waals surface area contributed by atoms with Crippen molar-refractivity contribution >= 4 is 11.8 Å². The molecule has 2 bridgehead atoms. The normalized spacial score (nSPS) is 36.8. The first-order valence-corrected chi connectivity index (χ1v) is 6.59. The van der Waals surface area contributed by atoms with Gasteiger partial charge in [-0.25, -0.2) is 0 Å². The zero-order valence-corrected chi connectivity index (χ0v) is 10.2. The van der Waals surface area contributed by atoms with E-state index in [-0.39, 0.29) is 42.1 Å². The molecule has 2 amide bonds. The van der Waals surface area contributed by atoms with Gasteiger partial charge in [-0.15, -0.1) is 0 Å². The van der Waals surface area contributed by atoms with Gasteiger partial charge in [-0.1, -0.05) is 12.2 Å². The highest BCUT2D eigenvalue weighted by molar-refractivity contribution is 6.06. The third kappa shape index (κ3) is 1.61. The molecule has 0 spiro atoms. The van der Waals surface area contributed by atoms with Crippen molar-refractivity contribution in [2.24, 2.45) is 23.7 Å². The minimum Gasteiger partial charge on any atom is -0.395 e. The number of nitrogens with one attached hydrogen (secondary N) is 1. The summed E-state index contributed by atoms with van der Waals surface area (Å²) in [4.78, 5) is 25.9. The molecule has 2 N–H and O–H groups in total. The monoisotopic (exact) mass is 250 g/mol. The number of aliphatic hydroxyl groups excluding tert-OH is 1. The van der Waals surface area contributed by atoms with Crippen LogP contribution in [-0.4, -0.2) is 48.1 Å². The summed E-state index contributed by atoms with van der Waals surface area (Å²) in [6.07, 6.45) is 5.18. The van der Waals surface area contributed by atoms with Crippen molar-refractivity contribution in [3.63, 3.8) is 0 Å². The molecular weight excluding hydrogens is 232 g/mol. The summed E-state index contributed by atoms with van der Waals surface area (Å²) in [7, 11) is 0. The minimum atomic E-state index is -0.0923. The Kier molecular flexibility index (Phi) is 2.95. The first-order chi connectivity index (χ1) is 8.74. The molecule has 5 nitrogen and oxygen atoms in total. The molecule has 0 aromatic carbocycles.